The van der Waals surface area contributed by atoms with Crippen molar-refractivity contribution in [1.29, 1.82) is 0 Å². The van der Waals surface area contributed by atoms with Crippen molar-refractivity contribution in [1.82, 2.24) is 10.7 Å². The lowest BCUT2D eigenvalue weighted by molar-refractivity contribution is -0.139. The summed E-state index contributed by atoms with van der Waals surface area (Å²) < 4.78 is 24.5. The van der Waals surface area contributed by atoms with Crippen LogP contribution in [0.5, 0.6) is 11.5 Å². The normalized spacial score (nSPS) is 10.6. The number of carbonyl (C=O) groups excluding carboxylic acids is 2. The molecule has 7 nitrogen and oxygen atoms in total. The molecule has 0 atom stereocenters. The second-order valence-electron chi connectivity index (χ2n) is 6.92. The molecule has 0 fully saturated rings. The third-order valence-corrected chi connectivity index (χ3v) is 4.46. The molecular weight excluding hydrogens is 425 g/mol. The zero-order chi connectivity index (χ0) is 23.5. The molecule has 0 aliphatic rings. The number of rotatable bonds is 9. The van der Waals surface area contributed by atoms with E-state index in [4.69, 9.17) is 9.47 Å². The van der Waals surface area contributed by atoms with E-state index < -0.39 is 11.8 Å². The smallest absolute Gasteiger partial charge is 0.329 e. The van der Waals surface area contributed by atoms with Crippen molar-refractivity contribution in [2.24, 2.45) is 5.10 Å². The van der Waals surface area contributed by atoms with Crippen molar-refractivity contribution in [3.8, 4) is 11.5 Å². The number of carbonyl (C=O) groups is 2. The zero-order valence-electron chi connectivity index (χ0n) is 18.1. The van der Waals surface area contributed by atoms with Crippen LogP contribution < -0.4 is 20.2 Å². The molecule has 0 aromatic heterocycles. The standard InChI is InChI=1S/C25H24FN3O4/c1-2-32-23-14-20(10-13-22(23)33-17-19-8-11-21(26)12-9-19)16-28-29-25(31)24(30)27-15-18-6-4-3-5-7-18/h3-14,16H,2,15,17H2,1H3,(H,27,30)(H,29,31)/b28-16-. The molecule has 2 amide bonds. The fourth-order valence-corrected chi connectivity index (χ4v) is 2.81. The summed E-state index contributed by atoms with van der Waals surface area (Å²) in [4.78, 5) is 23.8. The predicted molar refractivity (Wildman–Crippen MR) is 122 cm³/mol. The first-order valence-electron chi connectivity index (χ1n) is 10.3. The fourth-order valence-electron chi connectivity index (χ4n) is 2.81. The van der Waals surface area contributed by atoms with Crippen LogP contribution in [0.25, 0.3) is 0 Å². The first-order chi connectivity index (χ1) is 16.0. The van der Waals surface area contributed by atoms with E-state index in [1.54, 1.807) is 30.3 Å². The van der Waals surface area contributed by atoms with E-state index in [1.807, 2.05) is 37.3 Å². The summed E-state index contributed by atoms with van der Waals surface area (Å²) in [6.45, 7) is 2.76. The maximum atomic E-state index is 13.0. The molecule has 3 aromatic rings. The number of nitrogens with one attached hydrogen (secondary N) is 2. The minimum absolute atomic E-state index is 0.244. The van der Waals surface area contributed by atoms with Crippen LogP contribution in [0.15, 0.2) is 77.9 Å². The van der Waals surface area contributed by atoms with Crippen LogP contribution in [0.2, 0.25) is 0 Å². The van der Waals surface area contributed by atoms with Crippen LogP contribution in [0, 0.1) is 5.82 Å². The molecule has 8 heteroatoms. The number of benzene rings is 3. The molecule has 0 spiro atoms. The van der Waals surface area contributed by atoms with E-state index in [9.17, 15) is 14.0 Å². The highest BCUT2D eigenvalue weighted by Crippen LogP contribution is 2.29. The number of amides is 2. The Labute approximate surface area is 191 Å². The van der Waals surface area contributed by atoms with Crippen LogP contribution >= 0.6 is 0 Å². The molecule has 170 valence electrons. The van der Waals surface area contributed by atoms with Gasteiger partial charge in [-0.25, -0.2) is 9.82 Å². The molecule has 3 rings (SSSR count). The topological polar surface area (TPSA) is 89.0 Å². The zero-order valence-corrected chi connectivity index (χ0v) is 18.1. The van der Waals surface area contributed by atoms with Crippen molar-refractivity contribution >= 4 is 18.0 Å². The van der Waals surface area contributed by atoms with Gasteiger partial charge in [-0.3, -0.25) is 9.59 Å². The van der Waals surface area contributed by atoms with Crippen LogP contribution in [0.3, 0.4) is 0 Å². The Hall–Kier alpha value is -4.20. The Morgan fingerprint density at radius 2 is 1.67 bits per heavy atom. The van der Waals surface area contributed by atoms with E-state index in [1.165, 1.54) is 18.3 Å². The van der Waals surface area contributed by atoms with Gasteiger partial charge in [0.15, 0.2) is 11.5 Å². The van der Waals surface area contributed by atoms with Gasteiger partial charge in [0.1, 0.15) is 12.4 Å². The maximum absolute atomic E-state index is 13.0. The Kier molecular flexibility index (Phi) is 8.53. The van der Waals surface area contributed by atoms with Crippen LogP contribution in [0.4, 0.5) is 4.39 Å². The van der Waals surface area contributed by atoms with E-state index in [0.29, 0.717) is 23.7 Å². The van der Waals surface area contributed by atoms with Gasteiger partial charge in [0.2, 0.25) is 0 Å². The Balaban J connectivity index is 1.54. The Morgan fingerprint density at radius 3 is 2.39 bits per heavy atom. The van der Waals surface area contributed by atoms with Crippen molar-refractivity contribution < 1.29 is 23.5 Å². The Morgan fingerprint density at radius 1 is 0.909 bits per heavy atom. The third kappa shape index (κ3) is 7.46. The molecule has 0 aliphatic heterocycles. The second kappa shape index (κ2) is 12.0. The quantitative estimate of drug-likeness (QED) is 0.297. The summed E-state index contributed by atoms with van der Waals surface area (Å²) in [7, 11) is 0. The number of halogens is 1. The summed E-state index contributed by atoms with van der Waals surface area (Å²) in [5.74, 6) is -0.946. The highest BCUT2D eigenvalue weighted by atomic mass is 19.1. The van der Waals surface area contributed by atoms with Crippen molar-refractivity contribution in [2.45, 2.75) is 20.1 Å². The third-order valence-electron chi connectivity index (χ3n) is 4.46. The number of hydrazone groups is 1. The van der Waals surface area contributed by atoms with E-state index in [2.05, 4.69) is 15.8 Å². The largest absolute Gasteiger partial charge is 0.490 e. The van der Waals surface area contributed by atoms with Gasteiger partial charge in [0, 0.05) is 6.54 Å². The molecule has 0 radical (unpaired) electrons. The van der Waals surface area contributed by atoms with E-state index in [0.717, 1.165) is 11.1 Å². The first kappa shape index (κ1) is 23.5. The fraction of sp³-hybridized carbons (Fsp3) is 0.160. The lowest BCUT2D eigenvalue weighted by atomic mass is 10.2. The average molecular weight is 449 g/mol. The molecule has 0 unspecified atom stereocenters. The van der Waals surface area contributed by atoms with Crippen LogP contribution in [-0.4, -0.2) is 24.6 Å². The summed E-state index contributed by atoms with van der Waals surface area (Å²) in [6.07, 6.45) is 1.40. The number of hydrogen-bond acceptors (Lipinski definition) is 5. The molecule has 33 heavy (non-hydrogen) atoms. The van der Waals surface area contributed by atoms with Gasteiger partial charge in [-0.1, -0.05) is 42.5 Å². The van der Waals surface area contributed by atoms with Gasteiger partial charge >= 0.3 is 11.8 Å². The lowest BCUT2D eigenvalue weighted by Gasteiger charge is -2.12. The van der Waals surface area contributed by atoms with Gasteiger partial charge in [0.05, 0.1) is 12.8 Å². The van der Waals surface area contributed by atoms with Crippen molar-refractivity contribution in [3.05, 3.63) is 95.3 Å². The monoisotopic (exact) mass is 449 g/mol. The minimum Gasteiger partial charge on any atom is -0.490 e. The molecule has 0 aliphatic carbocycles. The van der Waals surface area contributed by atoms with Gasteiger partial charge in [-0.15, -0.1) is 0 Å². The molecule has 0 saturated carbocycles. The number of nitrogens with zero attached hydrogens (tertiary/aromatic N) is 1. The molecular formula is C25H24FN3O4. The van der Waals surface area contributed by atoms with Gasteiger partial charge in [0.25, 0.3) is 0 Å². The first-order valence-corrected chi connectivity index (χ1v) is 10.3. The molecule has 3 aromatic carbocycles. The predicted octanol–water partition coefficient (Wildman–Crippen LogP) is 3.57. The van der Waals surface area contributed by atoms with E-state index in [-0.39, 0.29) is 19.0 Å². The van der Waals surface area contributed by atoms with Crippen molar-refractivity contribution in [3.63, 3.8) is 0 Å². The van der Waals surface area contributed by atoms with Crippen molar-refractivity contribution in [2.75, 3.05) is 6.61 Å². The van der Waals surface area contributed by atoms with Gasteiger partial charge < -0.3 is 14.8 Å². The molecule has 0 bridgehead atoms. The van der Waals surface area contributed by atoms with E-state index >= 15 is 0 Å². The minimum atomic E-state index is -0.869. The Bertz CT molecular complexity index is 1100. The number of ether oxygens (including phenoxy) is 2. The van der Waals surface area contributed by atoms with Crippen LogP contribution in [0.1, 0.15) is 23.6 Å². The second-order valence-corrected chi connectivity index (χ2v) is 6.92. The summed E-state index contributed by atoms with van der Waals surface area (Å²) >= 11 is 0. The summed E-state index contributed by atoms with van der Waals surface area (Å²) in [6, 6.07) is 20.4. The maximum Gasteiger partial charge on any atom is 0.329 e. The molecule has 2 N–H and O–H groups in total. The molecule has 0 heterocycles. The number of hydrogen-bond donors (Lipinski definition) is 2. The lowest BCUT2D eigenvalue weighted by Crippen LogP contribution is -2.37. The highest BCUT2D eigenvalue weighted by molar-refractivity contribution is 6.35. The SMILES string of the molecule is CCOc1cc(/C=N\NC(=O)C(=O)NCc2ccccc2)ccc1OCc1ccc(F)cc1. The van der Waals surface area contributed by atoms with Gasteiger partial charge in [-0.2, -0.15) is 5.10 Å². The summed E-state index contributed by atoms with van der Waals surface area (Å²) in [5.41, 5.74) is 4.54. The van der Waals surface area contributed by atoms with Gasteiger partial charge in [-0.05, 0) is 53.9 Å². The van der Waals surface area contributed by atoms with Crippen LogP contribution in [-0.2, 0) is 22.7 Å². The average Bonchev–Trinajstić information content (AvgIpc) is 2.84. The summed E-state index contributed by atoms with van der Waals surface area (Å²) in [5, 5.41) is 6.36. The highest BCUT2D eigenvalue weighted by Gasteiger charge is 2.12. The molecule has 0 saturated heterocycles.